The second-order valence-electron chi connectivity index (χ2n) is 4.60. The molecule has 1 unspecified atom stereocenters. The Hall–Kier alpha value is -2.44. The number of amides is 1. The molecule has 20 heavy (non-hydrogen) atoms. The van der Waals surface area contributed by atoms with Crippen LogP contribution in [-0.2, 0) is 9.59 Å². The van der Waals surface area contributed by atoms with Gasteiger partial charge in [-0.05, 0) is 25.3 Å². The SMILES string of the molecule is NC(=O)C1CCCCN1c1ncc(/C=C/C(=O)O)cn1. The number of aromatic nitrogens is 2. The van der Waals surface area contributed by atoms with E-state index in [-0.39, 0.29) is 11.9 Å². The molecule has 1 aromatic heterocycles. The Kier molecular flexibility index (Phi) is 4.29. The average Bonchev–Trinajstić information content (AvgIpc) is 2.45. The van der Waals surface area contributed by atoms with E-state index in [0.717, 1.165) is 18.9 Å². The molecule has 0 aromatic carbocycles. The summed E-state index contributed by atoms with van der Waals surface area (Å²) in [6, 6.07) is -0.371. The third-order valence-electron chi connectivity index (χ3n) is 3.16. The lowest BCUT2D eigenvalue weighted by Gasteiger charge is -2.33. The van der Waals surface area contributed by atoms with Crippen LogP contribution in [-0.4, -0.2) is 39.5 Å². The highest BCUT2D eigenvalue weighted by Gasteiger charge is 2.28. The number of carboxylic acids is 1. The summed E-state index contributed by atoms with van der Waals surface area (Å²) in [6.45, 7) is 0.692. The van der Waals surface area contributed by atoms with E-state index in [0.29, 0.717) is 24.5 Å². The van der Waals surface area contributed by atoms with E-state index in [1.807, 2.05) is 0 Å². The monoisotopic (exact) mass is 276 g/mol. The number of aliphatic carboxylic acids is 1. The summed E-state index contributed by atoms with van der Waals surface area (Å²) in [7, 11) is 0. The van der Waals surface area contributed by atoms with Gasteiger partial charge in [-0.15, -0.1) is 0 Å². The summed E-state index contributed by atoms with van der Waals surface area (Å²) in [4.78, 5) is 32.0. The summed E-state index contributed by atoms with van der Waals surface area (Å²) in [5.41, 5.74) is 5.98. The fourth-order valence-electron chi connectivity index (χ4n) is 2.20. The Morgan fingerprint density at radius 3 is 2.65 bits per heavy atom. The molecule has 7 nitrogen and oxygen atoms in total. The van der Waals surface area contributed by atoms with Gasteiger partial charge in [0, 0.05) is 30.6 Å². The van der Waals surface area contributed by atoms with Crippen molar-refractivity contribution in [1.82, 2.24) is 9.97 Å². The lowest BCUT2D eigenvalue weighted by atomic mass is 10.0. The van der Waals surface area contributed by atoms with Crippen LogP contribution in [0.2, 0.25) is 0 Å². The van der Waals surface area contributed by atoms with Gasteiger partial charge in [-0.2, -0.15) is 0 Å². The first-order valence-corrected chi connectivity index (χ1v) is 6.37. The van der Waals surface area contributed by atoms with Crippen LogP contribution in [0.25, 0.3) is 6.08 Å². The molecule has 1 fully saturated rings. The summed E-state index contributed by atoms with van der Waals surface area (Å²) in [5.74, 6) is -0.956. The van der Waals surface area contributed by atoms with Gasteiger partial charge in [-0.25, -0.2) is 14.8 Å². The maximum absolute atomic E-state index is 11.4. The third kappa shape index (κ3) is 3.31. The number of primary amides is 1. The van der Waals surface area contributed by atoms with Crippen molar-refractivity contribution in [3.8, 4) is 0 Å². The van der Waals surface area contributed by atoms with Crippen LogP contribution in [0.3, 0.4) is 0 Å². The van der Waals surface area contributed by atoms with Crippen LogP contribution in [0.5, 0.6) is 0 Å². The van der Waals surface area contributed by atoms with Crippen LogP contribution in [0.1, 0.15) is 24.8 Å². The Balaban J connectivity index is 2.15. The second-order valence-corrected chi connectivity index (χ2v) is 4.60. The maximum atomic E-state index is 11.4. The van der Waals surface area contributed by atoms with Crippen LogP contribution in [0.15, 0.2) is 18.5 Å². The minimum atomic E-state index is -1.03. The molecule has 1 amide bonds. The number of carbonyl (C=O) groups excluding carboxylic acids is 1. The van der Waals surface area contributed by atoms with Crippen molar-refractivity contribution < 1.29 is 14.7 Å². The largest absolute Gasteiger partial charge is 0.478 e. The lowest BCUT2D eigenvalue weighted by molar-refractivity contribution is -0.131. The fraction of sp³-hybridized carbons (Fsp3) is 0.385. The summed E-state index contributed by atoms with van der Waals surface area (Å²) in [5, 5.41) is 8.54. The van der Waals surface area contributed by atoms with Gasteiger partial charge in [-0.1, -0.05) is 0 Å². The lowest BCUT2D eigenvalue weighted by Crippen LogP contribution is -2.48. The van der Waals surface area contributed by atoms with Gasteiger partial charge in [0.05, 0.1) is 0 Å². The van der Waals surface area contributed by atoms with Gasteiger partial charge >= 0.3 is 5.97 Å². The zero-order valence-corrected chi connectivity index (χ0v) is 10.9. The van der Waals surface area contributed by atoms with E-state index in [9.17, 15) is 9.59 Å². The van der Waals surface area contributed by atoms with Gasteiger partial charge in [0.1, 0.15) is 6.04 Å². The first-order chi connectivity index (χ1) is 9.58. The minimum absolute atomic E-state index is 0.371. The van der Waals surface area contributed by atoms with Gasteiger partial charge in [0.15, 0.2) is 0 Å². The molecule has 2 heterocycles. The summed E-state index contributed by atoms with van der Waals surface area (Å²) in [6.07, 6.45) is 8.11. The number of anilines is 1. The van der Waals surface area contributed by atoms with E-state index < -0.39 is 5.97 Å². The van der Waals surface area contributed by atoms with Crippen molar-refractivity contribution in [2.24, 2.45) is 5.73 Å². The Morgan fingerprint density at radius 2 is 2.05 bits per heavy atom. The molecule has 0 bridgehead atoms. The number of piperidine rings is 1. The molecule has 7 heteroatoms. The van der Waals surface area contributed by atoms with Gasteiger partial charge in [0.2, 0.25) is 11.9 Å². The highest BCUT2D eigenvalue weighted by molar-refractivity contribution is 5.85. The number of carbonyl (C=O) groups is 2. The van der Waals surface area contributed by atoms with E-state index >= 15 is 0 Å². The first kappa shape index (κ1) is 14.0. The molecule has 1 saturated heterocycles. The molecule has 0 radical (unpaired) electrons. The van der Waals surface area contributed by atoms with Gasteiger partial charge in [-0.3, -0.25) is 4.79 Å². The van der Waals surface area contributed by atoms with Crippen LogP contribution >= 0.6 is 0 Å². The topological polar surface area (TPSA) is 109 Å². The van der Waals surface area contributed by atoms with Crippen molar-refractivity contribution in [2.45, 2.75) is 25.3 Å². The molecule has 3 N–H and O–H groups in total. The Bertz CT molecular complexity index is 527. The van der Waals surface area contributed by atoms with Crippen molar-refractivity contribution in [3.05, 3.63) is 24.0 Å². The highest BCUT2D eigenvalue weighted by Crippen LogP contribution is 2.21. The van der Waals surface area contributed by atoms with E-state index in [4.69, 9.17) is 10.8 Å². The molecule has 0 spiro atoms. The minimum Gasteiger partial charge on any atom is -0.478 e. The third-order valence-corrected chi connectivity index (χ3v) is 3.16. The first-order valence-electron chi connectivity index (χ1n) is 6.37. The molecule has 0 aliphatic carbocycles. The van der Waals surface area contributed by atoms with Gasteiger partial charge in [0.25, 0.3) is 0 Å². The van der Waals surface area contributed by atoms with Crippen LogP contribution < -0.4 is 10.6 Å². The maximum Gasteiger partial charge on any atom is 0.328 e. The summed E-state index contributed by atoms with van der Waals surface area (Å²) >= 11 is 0. The van der Waals surface area contributed by atoms with Crippen molar-refractivity contribution in [2.75, 3.05) is 11.4 Å². The number of nitrogens with zero attached hydrogens (tertiary/aromatic N) is 3. The van der Waals surface area contributed by atoms with Crippen molar-refractivity contribution in [3.63, 3.8) is 0 Å². The number of carboxylic acid groups (broad SMARTS) is 1. The zero-order valence-electron chi connectivity index (χ0n) is 10.9. The van der Waals surface area contributed by atoms with E-state index in [2.05, 4.69) is 9.97 Å². The normalized spacial score (nSPS) is 19.2. The Labute approximate surface area is 116 Å². The van der Waals surface area contributed by atoms with Crippen LogP contribution in [0, 0.1) is 0 Å². The standard InChI is InChI=1S/C13H16N4O3/c14-12(20)10-3-1-2-6-17(10)13-15-7-9(8-16-13)4-5-11(18)19/h4-5,7-8,10H,1-3,6H2,(H2,14,20)(H,18,19)/b5-4+. The molecule has 106 valence electrons. The summed E-state index contributed by atoms with van der Waals surface area (Å²) < 4.78 is 0. The molecule has 1 atom stereocenters. The van der Waals surface area contributed by atoms with Crippen LogP contribution in [0.4, 0.5) is 5.95 Å². The average molecular weight is 276 g/mol. The highest BCUT2D eigenvalue weighted by atomic mass is 16.4. The number of nitrogens with two attached hydrogens (primary N) is 1. The predicted molar refractivity (Wildman–Crippen MR) is 72.9 cm³/mol. The second kappa shape index (κ2) is 6.14. The molecule has 0 saturated carbocycles. The van der Waals surface area contributed by atoms with E-state index in [1.165, 1.54) is 18.5 Å². The Morgan fingerprint density at radius 1 is 1.35 bits per heavy atom. The van der Waals surface area contributed by atoms with E-state index in [1.54, 1.807) is 4.90 Å². The smallest absolute Gasteiger partial charge is 0.328 e. The number of rotatable bonds is 4. The molecule has 1 aromatic rings. The van der Waals surface area contributed by atoms with Gasteiger partial charge < -0.3 is 15.7 Å². The fourth-order valence-corrected chi connectivity index (χ4v) is 2.20. The quantitative estimate of drug-likeness (QED) is 0.771. The molecule has 2 rings (SSSR count). The number of hydrogen-bond acceptors (Lipinski definition) is 5. The molecule has 1 aliphatic heterocycles. The molecule has 1 aliphatic rings. The predicted octanol–water partition coefficient (Wildman–Crippen LogP) is 0.419. The molecular weight excluding hydrogens is 260 g/mol. The number of hydrogen-bond donors (Lipinski definition) is 2. The van der Waals surface area contributed by atoms with Crippen molar-refractivity contribution in [1.29, 1.82) is 0 Å². The zero-order chi connectivity index (χ0) is 14.5. The van der Waals surface area contributed by atoms with Crippen molar-refractivity contribution >= 4 is 23.9 Å². The molecular formula is C13H16N4O3.